The first-order chi connectivity index (χ1) is 10.2. The zero-order valence-electron chi connectivity index (χ0n) is 11.2. The summed E-state index contributed by atoms with van der Waals surface area (Å²) >= 11 is 1.80. The van der Waals surface area contributed by atoms with E-state index in [0.717, 1.165) is 23.5 Å². The Hall–Kier alpha value is -2.15. The van der Waals surface area contributed by atoms with E-state index in [2.05, 4.69) is 20.3 Å². The van der Waals surface area contributed by atoms with Gasteiger partial charge in [-0.1, -0.05) is 0 Å². The number of nitrogens with zero attached hydrogens (tertiary/aromatic N) is 2. The molecular formula is C14H14N4O2S. The summed E-state index contributed by atoms with van der Waals surface area (Å²) in [6, 6.07) is 3.63. The number of hydrogen-bond donors (Lipinski definition) is 2. The Morgan fingerprint density at radius 2 is 2.19 bits per heavy atom. The van der Waals surface area contributed by atoms with E-state index < -0.39 is 5.56 Å². The summed E-state index contributed by atoms with van der Waals surface area (Å²) < 4.78 is 0. The minimum atomic E-state index is -0.431. The van der Waals surface area contributed by atoms with Crippen molar-refractivity contribution >= 4 is 17.7 Å². The predicted molar refractivity (Wildman–Crippen MR) is 81.3 cm³/mol. The highest BCUT2D eigenvalue weighted by Gasteiger charge is 2.20. The van der Waals surface area contributed by atoms with E-state index in [-0.39, 0.29) is 17.5 Å². The first-order valence-corrected chi connectivity index (χ1v) is 7.78. The number of rotatable bonds is 3. The summed E-state index contributed by atoms with van der Waals surface area (Å²) in [4.78, 5) is 34.8. The third-order valence-electron chi connectivity index (χ3n) is 3.26. The first kappa shape index (κ1) is 13.8. The van der Waals surface area contributed by atoms with Crippen LogP contribution in [0.5, 0.6) is 0 Å². The number of amides is 1. The van der Waals surface area contributed by atoms with Crippen LogP contribution in [0.1, 0.15) is 16.8 Å². The van der Waals surface area contributed by atoms with Crippen molar-refractivity contribution in [1.82, 2.24) is 20.3 Å². The van der Waals surface area contributed by atoms with E-state index in [9.17, 15) is 9.59 Å². The van der Waals surface area contributed by atoms with Gasteiger partial charge in [-0.15, -0.1) is 0 Å². The molecule has 6 nitrogen and oxygen atoms in total. The fraction of sp³-hybridized carbons (Fsp3) is 0.286. The number of thioether (sulfide) groups is 1. The second-order valence-electron chi connectivity index (χ2n) is 4.74. The van der Waals surface area contributed by atoms with Gasteiger partial charge in [-0.3, -0.25) is 14.6 Å². The maximum Gasteiger partial charge on any atom is 0.264 e. The molecule has 1 aliphatic rings. The van der Waals surface area contributed by atoms with E-state index in [1.165, 1.54) is 6.20 Å². The third kappa shape index (κ3) is 3.13. The number of carbonyl (C=O) groups is 1. The summed E-state index contributed by atoms with van der Waals surface area (Å²) in [5.41, 5.74) is 0.367. The van der Waals surface area contributed by atoms with Crippen molar-refractivity contribution in [3.8, 4) is 11.4 Å². The van der Waals surface area contributed by atoms with E-state index in [4.69, 9.17) is 0 Å². The molecule has 1 unspecified atom stereocenters. The molecule has 7 heteroatoms. The van der Waals surface area contributed by atoms with Crippen LogP contribution in [0.2, 0.25) is 0 Å². The largest absolute Gasteiger partial charge is 0.348 e. The molecular weight excluding hydrogens is 288 g/mol. The lowest BCUT2D eigenvalue weighted by Crippen LogP contribution is -2.37. The van der Waals surface area contributed by atoms with Gasteiger partial charge in [0, 0.05) is 35.9 Å². The highest BCUT2D eigenvalue weighted by Crippen LogP contribution is 2.17. The summed E-state index contributed by atoms with van der Waals surface area (Å²) in [6.07, 6.45) is 5.50. The molecule has 0 saturated carbocycles. The molecule has 0 aromatic carbocycles. The van der Waals surface area contributed by atoms with Gasteiger partial charge in [-0.25, -0.2) is 4.98 Å². The second-order valence-corrected chi connectivity index (χ2v) is 5.89. The Balaban J connectivity index is 1.81. The Labute approximate surface area is 125 Å². The lowest BCUT2D eigenvalue weighted by Gasteiger charge is -2.10. The minimum absolute atomic E-state index is 0.0460. The van der Waals surface area contributed by atoms with Gasteiger partial charge >= 0.3 is 0 Å². The Bertz CT molecular complexity index is 696. The molecule has 108 valence electrons. The molecule has 0 spiro atoms. The molecule has 2 N–H and O–H groups in total. The van der Waals surface area contributed by atoms with Gasteiger partial charge < -0.3 is 10.3 Å². The van der Waals surface area contributed by atoms with Gasteiger partial charge in [0.15, 0.2) is 0 Å². The van der Waals surface area contributed by atoms with Crippen LogP contribution >= 0.6 is 11.8 Å². The van der Waals surface area contributed by atoms with Crippen LogP contribution in [0.25, 0.3) is 11.4 Å². The minimum Gasteiger partial charge on any atom is -0.348 e. The lowest BCUT2D eigenvalue weighted by molar-refractivity contribution is 0.0939. The number of aromatic amines is 1. The number of aromatic nitrogens is 3. The summed E-state index contributed by atoms with van der Waals surface area (Å²) in [7, 11) is 0. The zero-order valence-corrected chi connectivity index (χ0v) is 12.0. The quantitative estimate of drug-likeness (QED) is 0.885. The van der Waals surface area contributed by atoms with E-state index in [1.54, 1.807) is 36.3 Å². The van der Waals surface area contributed by atoms with Gasteiger partial charge in [-0.05, 0) is 24.3 Å². The lowest BCUT2D eigenvalue weighted by atomic mass is 10.2. The smallest absolute Gasteiger partial charge is 0.264 e. The molecule has 0 bridgehead atoms. The van der Waals surface area contributed by atoms with Gasteiger partial charge in [0.2, 0.25) is 0 Å². The molecule has 1 amide bonds. The molecule has 1 fully saturated rings. The Kier molecular flexibility index (Phi) is 4.01. The Morgan fingerprint density at radius 3 is 2.86 bits per heavy atom. The molecule has 3 heterocycles. The molecule has 3 rings (SSSR count). The van der Waals surface area contributed by atoms with E-state index in [1.807, 2.05) is 0 Å². The van der Waals surface area contributed by atoms with Crippen molar-refractivity contribution < 1.29 is 4.79 Å². The highest BCUT2D eigenvalue weighted by molar-refractivity contribution is 7.99. The molecule has 0 aliphatic carbocycles. The van der Waals surface area contributed by atoms with Crippen LogP contribution in [0, 0.1) is 0 Å². The van der Waals surface area contributed by atoms with Crippen molar-refractivity contribution in [3.63, 3.8) is 0 Å². The normalized spacial score (nSPS) is 17.6. The van der Waals surface area contributed by atoms with Gasteiger partial charge in [-0.2, -0.15) is 11.8 Å². The molecule has 1 atom stereocenters. The number of H-pyrrole nitrogens is 1. The van der Waals surface area contributed by atoms with Gasteiger partial charge in [0.1, 0.15) is 11.4 Å². The van der Waals surface area contributed by atoms with Gasteiger partial charge in [0.25, 0.3) is 11.5 Å². The average molecular weight is 302 g/mol. The van der Waals surface area contributed by atoms with Crippen molar-refractivity contribution in [1.29, 1.82) is 0 Å². The van der Waals surface area contributed by atoms with Crippen LogP contribution < -0.4 is 10.9 Å². The van der Waals surface area contributed by atoms with Crippen LogP contribution in [0.3, 0.4) is 0 Å². The number of pyridine rings is 1. The van der Waals surface area contributed by atoms with E-state index >= 15 is 0 Å². The van der Waals surface area contributed by atoms with Crippen molar-refractivity contribution in [2.75, 3.05) is 11.5 Å². The van der Waals surface area contributed by atoms with Crippen molar-refractivity contribution in [2.45, 2.75) is 12.5 Å². The number of hydrogen-bond acceptors (Lipinski definition) is 5. The second kappa shape index (κ2) is 6.09. The first-order valence-electron chi connectivity index (χ1n) is 6.62. The molecule has 0 radical (unpaired) electrons. The SMILES string of the molecule is O=C(NC1CCSC1)c1cnc(-c2ccncc2)[nH]c1=O. The van der Waals surface area contributed by atoms with Crippen LogP contribution in [0.15, 0.2) is 35.5 Å². The average Bonchev–Trinajstić information content (AvgIpc) is 3.01. The van der Waals surface area contributed by atoms with Gasteiger partial charge in [0.05, 0.1) is 0 Å². The number of nitrogens with one attached hydrogen (secondary N) is 2. The molecule has 21 heavy (non-hydrogen) atoms. The maximum absolute atomic E-state index is 12.1. The zero-order chi connectivity index (χ0) is 14.7. The third-order valence-corrected chi connectivity index (χ3v) is 4.43. The molecule has 1 saturated heterocycles. The molecule has 1 aliphatic heterocycles. The number of carbonyl (C=O) groups excluding carboxylic acids is 1. The van der Waals surface area contributed by atoms with Crippen LogP contribution in [-0.4, -0.2) is 38.4 Å². The topological polar surface area (TPSA) is 87.7 Å². The Morgan fingerprint density at radius 1 is 1.38 bits per heavy atom. The van der Waals surface area contributed by atoms with Crippen molar-refractivity contribution in [3.05, 3.63) is 46.6 Å². The summed E-state index contributed by atoms with van der Waals surface area (Å²) in [5, 5.41) is 2.87. The summed E-state index contributed by atoms with van der Waals surface area (Å²) in [5.74, 6) is 2.00. The fourth-order valence-electron chi connectivity index (χ4n) is 2.12. The monoisotopic (exact) mass is 302 g/mol. The molecule has 2 aromatic heterocycles. The van der Waals surface area contributed by atoms with E-state index in [0.29, 0.717) is 5.82 Å². The standard InChI is InChI=1S/C14H14N4O2S/c19-13(17-10-3-6-21-8-10)11-7-16-12(18-14(11)20)9-1-4-15-5-2-9/h1-2,4-5,7,10H,3,6,8H2,(H,17,19)(H,16,18,20). The summed E-state index contributed by atoms with van der Waals surface area (Å²) in [6.45, 7) is 0. The van der Waals surface area contributed by atoms with Crippen LogP contribution in [0.4, 0.5) is 0 Å². The predicted octanol–water partition coefficient (Wildman–Crippen LogP) is 1.07. The van der Waals surface area contributed by atoms with Crippen LogP contribution in [-0.2, 0) is 0 Å². The van der Waals surface area contributed by atoms with Crippen molar-refractivity contribution in [2.24, 2.45) is 0 Å². The molecule has 2 aromatic rings. The highest BCUT2D eigenvalue weighted by atomic mass is 32.2. The fourth-order valence-corrected chi connectivity index (χ4v) is 3.28. The maximum atomic E-state index is 12.1.